The molecule has 0 aromatic heterocycles. The van der Waals surface area contributed by atoms with Crippen LogP contribution in [0.2, 0.25) is 0 Å². The van der Waals surface area contributed by atoms with Gasteiger partial charge < -0.3 is 14.5 Å². The molecule has 0 bridgehead atoms. The summed E-state index contributed by atoms with van der Waals surface area (Å²) in [5.74, 6) is -0.00408. The van der Waals surface area contributed by atoms with Gasteiger partial charge in [0.05, 0.1) is 0 Å². The van der Waals surface area contributed by atoms with Gasteiger partial charge >= 0.3 is 6.09 Å². The zero-order valence-electron chi connectivity index (χ0n) is 13.7. The third-order valence-corrected chi connectivity index (χ3v) is 4.91. The Morgan fingerprint density at radius 1 is 1.08 bits per heavy atom. The van der Waals surface area contributed by atoms with Crippen molar-refractivity contribution in [3.63, 3.8) is 0 Å². The number of benzene rings is 1. The van der Waals surface area contributed by atoms with Gasteiger partial charge in [0.1, 0.15) is 12.5 Å². The van der Waals surface area contributed by atoms with Crippen LogP contribution in [0.3, 0.4) is 0 Å². The Hall–Kier alpha value is -1.75. The summed E-state index contributed by atoms with van der Waals surface area (Å²) in [7, 11) is 0. The number of ether oxygens (including phenoxy) is 1. The highest BCUT2D eigenvalue weighted by Crippen LogP contribution is 2.32. The lowest BCUT2D eigenvalue weighted by molar-refractivity contribution is -0.129. The maximum Gasteiger partial charge on any atom is 0.410 e. The fourth-order valence-electron chi connectivity index (χ4n) is 3.22. The van der Waals surface area contributed by atoms with E-state index in [-0.39, 0.29) is 23.9 Å². The van der Waals surface area contributed by atoms with Gasteiger partial charge in [-0.25, -0.2) is 4.79 Å². The summed E-state index contributed by atoms with van der Waals surface area (Å²) in [4.78, 5) is 27.9. The molecule has 1 saturated carbocycles. The van der Waals surface area contributed by atoms with Gasteiger partial charge in [0.15, 0.2) is 0 Å². The lowest BCUT2D eigenvalue weighted by atomic mass is 10.0. The molecule has 0 N–H and O–H groups in total. The predicted octanol–water partition coefficient (Wildman–Crippen LogP) is 3.02. The molecule has 1 aliphatic heterocycles. The summed E-state index contributed by atoms with van der Waals surface area (Å²) in [5, 5.41) is 0. The lowest BCUT2D eigenvalue weighted by Gasteiger charge is -2.38. The van der Waals surface area contributed by atoms with Crippen LogP contribution < -0.4 is 0 Å². The normalized spacial score (nSPS) is 18.3. The second kappa shape index (κ2) is 7.88. The summed E-state index contributed by atoms with van der Waals surface area (Å²) < 4.78 is 5.53. The SMILES string of the molecule is O=C(CCl)N1CCC(N(C(=O)OCc2ccccc2)C2CC2)CC1. The quantitative estimate of drug-likeness (QED) is 0.767. The molecule has 1 aromatic carbocycles. The first-order chi connectivity index (χ1) is 11.7. The van der Waals surface area contributed by atoms with Crippen molar-refractivity contribution in [2.24, 2.45) is 0 Å². The van der Waals surface area contributed by atoms with Gasteiger partial charge in [0.25, 0.3) is 0 Å². The van der Waals surface area contributed by atoms with Crippen molar-refractivity contribution in [3.8, 4) is 0 Å². The molecule has 0 spiro atoms. The van der Waals surface area contributed by atoms with Crippen molar-refractivity contribution >= 4 is 23.6 Å². The van der Waals surface area contributed by atoms with Crippen LogP contribution in [0, 0.1) is 0 Å². The number of alkyl halides is 1. The van der Waals surface area contributed by atoms with E-state index in [0.717, 1.165) is 31.2 Å². The van der Waals surface area contributed by atoms with Crippen LogP contribution in [0.5, 0.6) is 0 Å². The van der Waals surface area contributed by atoms with Crippen molar-refractivity contribution in [3.05, 3.63) is 35.9 Å². The van der Waals surface area contributed by atoms with E-state index in [9.17, 15) is 9.59 Å². The number of hydrogen-bond donors (Lipinski definition) is 0. The van der Waals surface area contributed by atoms with E-state index in [1.165, 1.54) is 0 Å². The van der Waals surface area contributed by atoms with Crippen LogP contribution in [0.4, 0.5) is 4.79 Å². The molecular formula is C18H23ClN2O3. The molecule has 2 aliphatic rings. The Morgan fingerprint density at radius 2 is 1.71 bits per heavy atom. The van der Waals surface area contributed by atoms with E-state index in [2.05, 4.69) is 0 Å². The molecule has 0 unspecified atom stereocenters. The van der Waals surface area contributed by atoms with E-state index < -0.39 is 0 Å². The number of carbonyl (C=O) groups excluding carboxylic acids is 2. The average molecular weight is 351 g/mol. The zero-order valence-corrected chi connectivity index (χ0v) is 14.5. The molecule has 0 atom stereocenters. The van der Waals surface area contributed by atoms with E-state index in [1.807, 2.05) is 35.2 Å². The van der Waals surface area contributed by atoms with E-state index >= 15 is 0 Å². The number of hydrogen-bond acceptors (Lipinski definition) is 3. The number of carbonyl (C=O) groups is 2. The topological polar surface area (TPSA) is 49.9 Å². The number of halogens is 1. The van der Waals surface area contributed by atoms with Gasteiger partial charge in [0.2, 0.25) is 5.91 Å². The molecule has 0 radical (unpaired) electrons. The van der Waals surface area contributed by atoms with Gasteiger partial charge in [-0.3, -0.25) is 4.79 Å². The third kappa shape index (κ3) is 4.20. The van der Waals surface area contributed by atoms with Crippen molar-refractivity contribution in [2.45, 2.75) is 44.4 Å². The minimum atomic E-state index is -0.233. The second-order valence-electron chi connectivity index (χ2n) is 6.42. The summed E-state index contributed by atoms with van der Waals surface area (Å²) >= 11 is 5.62. The summed E-state index contributed by atoms with van der Waals surface area (Å²) in [6, 6.07) is 10.2. The van der Waals surface area contributed by atoms with Crippen molar-refractivity contribution in [1.82, 2.24) is 9.80 Å². The Kier molecular flexibility index (Phi) is 5.61. The Bertz CT molecular complexity index is 569. The van der Waals surface area contributed by atoms with Crippen LogP contribution in [0.1, 0.15) is 31.2 Å². The zero-order chi connectivity index (χ0) is 16.9. The lowest BCUT2D eigenvalue weighted by Crippen LogP contribution is -2.50. The van der Waals surface area contributed by atoms with Crippen LogP contribution in [0.15, 0.2) is 30.3 Å². The molecule has 5 nitrogen and oxygen atoms in total. The highest BCUT2D eigenvalue weighted by Gasteiger charge is 2.39. The van der Waals surface area contributed by atoms with Gasteiger partial charge in [-0.15, -0.1) is 11.6 Å². The molecular weight excluding hydrogens is 328 g/mol. The summed E-state index contributed by atoms with van der Waals surface area (Å²) in [6.45, 7) is 1.61. The Balaban J connectivity index is 1.55. The minimum Gasteiger partial charge on any atom is -0.445 e. The molecule has 1 saturated heterocycles. The monoisotopic (exact) mass is 350 g/mol. The smallest absolute Gasteiger partial charge is 0.410 e. The number of rotatable bonds is 5. The molecule has 3 rings (SSSR count). The fourth-order valence-corrected chi connectivity index (χ4v) is 3.39. The van der Waals surface area contributed by atoms with Gasteiger partial charge in [-0.2, -0.15) is 0 Å². The molecule has 6 heteroatoms. The first-order valence-corrected chi connectivity index (χ1v) is 9.05. The van der Waals surface area contributed by atoms with Crippen LogP contribution in [-0.2, 0) is 16.1 Å². The number of nitrogens with zero attached hydrogens (tertiary/aromatic N) is 2. The van der Waals surface area contributed by atoms with Crippen LogP contribution in [-0.4, -0.2) is 52.9 Å². The molecule has 130 valence electrons. The van der Waals surface area contributed by atoms with Crippen LogP contribution >= 0.6 is 11.6 Å². The highest BCUT2D eigenvalue weighted by molar-refractivity contribution is 6.27. The molecule has 24 heavy (non-hydrogen) atoms. The first-order valence-electron chi connectivity index (χ1n) is 8.52. The Labute approximate surface area is 147 Å². The summed E-state index contributed by atoms with van der Waals surface area (Å²) in [5.41, 5.74) is 0.990. The molecule has 2 fully saturated rings. The van der Waals surface area contributed by atoms with Crippen molar-refractivity contribution in [2.75, 3.05) is 19.0 Å². The third-order valence-electron chi connectivity index (χ3n) is 4.68. The number of piperidine rings is 1. The minimum absolute atomic E-state index is 0.0239. The molecule has 1 heterocycles. The largest absolute Gasteiger partial charge is 0.445 e. The maximum atomic E-state index is 12.6. The van der Waals surface area contributed by atoms with E-state index in [0.29, 0.717) is 25.7 Å². The van der Waals surface area contributed by atoms with Crippen molar-refractivity contribution < 1.29 is 14.3 Å². The molecule has 2 amide bonds. The average Bonchev–Trinajstić information content (AvgIpc) is 3.46. The van der Waals surface area contributed by atoms with Gasteiger partial charge in [-0.1, -0.05) is 30.3 Å². The standard InChI is InChI=1S/C18H23ClN2O3/c19-12-17(22)20-10-8-16(9-11-20)21(15-6-7-15)18(23)24-13-14-4-2-1-3-5-14/h1-5,15-16H,6-13H2. The van der Waals surface area contributed by atoms with Crippen LogP contribution in [0.25, 0.3) is 0 Å². The van der Waals surface area contributed by atoms with E-state index in [4.69, 9.17) is 16.3 Å². The second-order valence-corrected chi connectivity index (χ2v) is 6.69. The highest BCUT2D eigenvalue weighted by atomic mass is 35.5. The van der Waals surface area contributed by atoms with E-state index in [1.54, 1.807) is 4.90 Å². The maximum absolute atomic E-state index is 12.6. The number of likely N-dealkylation sites (tertiary alicyclic amines) is 1. The molecule has 1 aromatic rings. The molecule has 1 aliphatic carbocycles. The summed E-state index contributed by atoms with van der Waals surface area (Å²) in [6.07, 6.45) is 3.44. The number of amides is 2. The van der Waals surface area contributed by atoms with Gasteiger partial charge in [0, 0.05) is 25.2 Å². The van der Waals surface area contributed by atoms with Gasteiger partial charge in [-0.05, 0) is 31.2 Å². The fraction of sp³-hybridized carbons (Fsp3) is 0.556. The first kappa shape index (κ1) is 17.1. The predicted molar refractivity (Wildman–Crippen MR) is 91.8 cm³/mol. The Morgan fingerprint density at radius 3 is 2.29 bits per heavy atom. The van der Waals surface area contributed by atoms with Crippen molar-refractivity contribution in [1.29, 1.82) is 0 Å².